The molecule has 0 saturated carbocycles. The number of benzene rings is 3. The van der Waals surface area contributed by atoms with Crippen molar-refractivity contribution in [3.8, 4) is 0 Å². The molecule has 0 saturated heterocycles. The van der Waals surface area contributed by atoms with Crippen LogP contribution in [0.5, 0.6) is 0 Å². The lowest BCUT2D eigenvalue weighted by atomic mass is 10.1. The lowest BCUT2D eigenvalue weighted by Gasteiger charge is -2.34. The summed E-state index contributed by atoms with van der Waals surface area (Å²) in [5.41, 5.74) is 1.79. The quantitative estimate of drug-likeness (QED) is 0.318. The van der Waals surface area contributed by atoms with E-state index in [0.717, 1.165) is 9.87 Å². The van der Waals surface area contributed by atoms with Gasteiger partial charge in [0.2, 0.25) is 11.8 Å². The normalized spacial score (nSPS) is 12.5. The lowest BCUT2D eigenvalue weighted by Crippen LogP contribution is -2.54. The van der Waals surface area contributed by atoms with Gasteiger partial charge in [-0.2, -0.15) is 0 Å². The van der Waals surface area contributed by atoms with Crippen molar-refractivity contribution in [2.75, 3.05) is 10.8 Å². The standard InChI is InChI=1S/C30H35Cl2N3O4S/c1-20-15-16-21(2)27(17-20)35(40(38,39)23-11-8-7-9-12-23)19-28(36)34(22(3)29(37)33-30(4,5)6)18-24-25(31)13-10-14-26(24)32/h7-17,22H,18-19H2,1-6H3,(H,33,37). The Morgan fingerprint density at radius 1 is 0.925 bits per heavy atom. The number of carbonyl (C=O) groups is 2. The zero-order chi connectivity index (χ0) is 29.8. The first-order chi connectivity index (χ1) is 18.6. The van der Waals surface area contributed by atoms with Gasteiger partial charge in [-0.25, -0.2) is 8.42 Å². The zero-order valence-electron chi connectivity index (χ0n) is 23.5. The van der Waals surface area contributed by atoms with Crippen LogP contribution in [-0.4, -0.2) is 43.3 Å². The lowest BCUT2D eigenvalue weighted by molar-refractivity contribution is -0.140. The summed E-state index contributed by atoms with van der Waals surface area (Å²) in [6, 6.07) is 17.4. The SMILES string of the molecule is Cc1ccc(C)c(N(CC(=O)N(Cc2c(Cl)cccc2Cl)C(C)C(=O)NC(C)(C)C)S(=O)(=O)c2ccccc2)c1. The number of hydrogen-bond acceptors (Lipinski definition) is 4. The molecule has 7 nitrogen and oxygen atoms in total. The van der Waals surface area contributed by atoms with Gasteiger partial charge in [-0.1, -0.05) is 59.6 Å². The fraction of sp³-hybridized carbons (Fsp3) is 0.333. The molecule has 0 aromatic heterocycles. The molecule has 10 heteroatoms. The van der Waals surface area contributed by atoms with Crippen molar-refractivity contribution in [3.63, 3.8) is 0 Å². The van der Waals surface area contributed by atoms with Gasteiger partial charge in [0, 0.05) is 27.7 Å². The Morgan fingerprint density at radius 3 is 2.10 bits per heavy atom. The highest BCUT2D eigenvalue weighted by atomic mass is 35.5. The minimum Gasteiger partial charge on any atom is -0.350 e. The molecule has 0 heterocycles. The predicted octanol–water partition coefficient (Wildman–Crippen LogP) is 6.14. The van der Waals surface area contributed by atoms with E-state index in [9.17, 15) is 18.0 Å². The Kier molecular flexibility index (Phi) is 9.93. The molecule has 2 amide bonds. The van der Waals surface area contributed by atoms with Crippen LogP contribution in [0.2, 0.25) is 10.0 Å². The third kappa shape index (κ3) is 7.56. The number of carbonyl (C=O) groups excluding carboxylic acids is 2. The van der Waals surface area contributed by atoms with Crippen LogP contribution in [0.15, 0.2) is 71.6 Å². The molecule has 0 fully saturated rings. The van der Waals surface area contributed by atoms with Gasteiger partial charge in [-0.15, -0.1) is 0 Å². The molecule has 1 atom stereocenters. The van der Waals surface area contributed by atoms with Crippen LogP contribution in [-0.2, 0) is 26.2 Å². The van der Waals surface area contributed by atoms with Crippen LogP contribution in [0.3, 0.4) is 0 Å². The maximum Gasteiger partial charge on any atom is 0.264 e. The van der Waals surface area contributed by atoms with E-state index in [2.05, 4.69) is 5.32 Å². The molecular weight excluding hydrogens is 569 g/mol. The molecule has 1 N–H and O–H groups in total. The molecule has 0 aliphatic carbocycles. The number of anilines is 1. The van der Waals surface area contributed by atoms with E-state index in [4.69, 9.17) is 23.2 Å². The maximum absolute atomic E-state index is 14.1. The van der Waals surface area contributed by atoms with E-state index in [1.165, 1.54) is 17.0 Å². The molecule has 0 radical (unpaired) electrons. The zero-order valence-corrected chi connectivity index (χ0v) is 25.9. The van der Waals surface area contributed by atoms with Crippen molar-refractivity contribution >= 4 is 50.7 Å². The third-order valence-corrected chi connectivity index (χ3v) is 8.78. The van der Waals surface area contributed by atoms with Crippen LogP contribution in [0.25, 0.3) is 0 Å². The van der Waals surface area contributed by atoms with Crippen LogP contribution in [0, 0.1) is 13.8 Å². The molecule has 214 valence electrons. The second-order valence-electron chi connectivity index (χ2n) is 10.8. The summed E-state index contributed by atoms with van der Waals surface area (Å²) in [6.07, 6.45) is 0. The van der Waals surface area contributed by atoms with E-state index >= 15 is 0 Å². The highest BCUT2D eigenvalue weighted by molar-refractivity contribution is 7.92. The summed E-state index contributed by atoms with van der Waals surface area (Å²) in [4.78, 5) is 28.7. The van der Waals surface area contributed by atoms with Crippen LogP contribution in [0.4, 0.5) is 5.69 Å². The smallest absolute Gasteiger partial charge is 0.264 e. The van der Waals surface area contributed by atoms with E-state index < -0.39 is 40.0 Å². The van der Waals surface area contributed by atoms with Crippen LogP contribution in [0.1, 0.15) is 44.4 Å². The monoisotopic (exact) mass is 603 g/mol. The Morgan fingerprint density at radius 2 is 1.52 bits per heavy atom. The summed E-state index contributed by atoms with van der Waals surface area (Å²) in [5, 5.41) is 3.56. The van der Waals surface area contributed by atoms with Gasteiger partial charge in [0.05, 0.1) is 10.6 Å². The van der Waals surface area contributed by atoms with E-state index in [-0.39, 0.29) is 11.4 Å². The first-order valence-corrected chi connectivity index (χ1v) is 15.0. The number of nitrogens with zero attached hydrogens (tertiary/aromatic N) is 2. The highest BCUT2D eigenvalue weighted by Crippen LogP contribution is 2.30. The molecule has 0 spiro atoms. The topological polar surface area (TPSA) is 86.8 Å². The van der Waals surface area contributed by atoms with Gasteiger partial charge in [-0.3, -0.25) is 13.9 Å². The second-order valence-corrected chi connectivity index (χ2v) is 13.4. The summed E-state index contributed by atoms with van der Waals surface area (Å²) in [5.74, 6) is -0.985. The number of hydrogen-bond donors (Lipinski definition) is 1. The Labute approximate surface area is 247 Å². The Hall–Kier alpha value is -3.07. The summed E-state index contributed by atoms with van der Waals surface area (Å²) in [7, 11) is -4.15. The van der Waals surface area contributed by atoms with E-state index in [0.29, 0.717) is 26.9 Å². The number of rotatable bonds is 9. The summed E-state index contributed by atoms with van der Waals surface area (Å²) in [6.45, 7) is 10.1. The van der Waals surface area contributed by atoms with Crippen LogP contribution >= 0.6 is 23.2 Å². The van der Waals surface area contributed by atoms with Gasteiger partial charge in [0.25, 0.3) is 10.0 Å². The van der Waals surface area contributed by atoms with E-state index in [1.807, 2.05) is 39.8 Å². The van der Waals surface area contributed by atoms with Gasteiger partial charge < -0.3 is 10.2 Å². The van der Waals surface area contributed by atoms with Crippen molar-refractivity contribution < 1.29 is 18.0 Å². The van der Waals surface area contributed by atoms with Crippen molar-refractivity contribution in [1.82, 2.24) is 10.2 Å². The van der Waals surface area contributed by atoms with Crippen molar-refractivity contribution in [3.05, 3.63) is 93.5 Å². The molecular formula is C30H35Cl2N3O4S. The number of sulfonamides is 1. The molecule has 0 aliphatic rings. The second kappa shape index (κ2) is 12.6. The van der Waals surface area contributed by atoms with Gasteiger partial charge >= 0.3 is 0 Å². The molecule has 3 rings (SSSR count). The minimum absolute atomic E-state index is 0.0444. The van der Waals surface area contributed by atoms with Gasteiger partial charge in [-0.05, 0) is 83.0 Å². The number of aryl methyl sites for hydroxylation is 2. The average Bonchev–Trinajstić information content (AvgIpc) is 2.87. The number of amides is 2. The van der Waals surface area contributed by atoms with Gasteiger partial charge in [0.1, 0.15) is 12.6 Å². The molecule has 3 aromatic carbocycles. The van der Waals surface area contributed by atoms with Crippen LogP contribution < -0.4 is 9.62 Å². The summed E-state index contributed by atoms with van der Waals surface area (Å²) < 4.78 is 29.0. The molecule has 40 heavy (non-hydrogen) atoms. The number of nitrogens with one attached hydrogen (secondary N) is 1. The maximum atomic E-state index is 14.1. The Balaban J connectivity index is 2.11. The third-order valence-electron chi connectivity index (χ3n) is 6.30. The molecule has 3 aromatic rings. The Bertz CT molecular complexity index is 1470. The summed E-state index contributed by atoms with van der Waals surface area (Å²) >= 11 is 12.9. The van der Waals surface area contributed by atoms with Crippen molar-refractivity contribution in [2.24, 2.45) is 0 Å². The molecule has 0 aliphatic heterocycles. The molecule has 0 bridgehead atoms. The average molecular weight is 605 g/mol. The largest absolute Gasteiger partial charge is 0.350 e. The minimum atomic E-state index is -4.15. The highest BCUT2D eigenvalue weighted by Gasteiger charge is 2.34. The van der Waals surface area contributed by atoms with E-state index in [1.54, 1.807) is 56.3 Å². The number of halogens is 2. The van der Waals surface area contributed by atoms with Gasteiger partial charge in [0.15, 0.2) is 0 Å². The fourth-order valence-electron chi connectivity index (χ4n) is 4.13. The predicted molar refractivity (Wildman–Crippen MR) is 161 cm³/mol. The van der Waals surface area contributed by atoms with Crippen molar-refractivity contribution in [2.45, 2.75) is 64.6 Å². The first-order valence-electron chi connectivity index (χ1n) is 12.8. The van der Waals surface area contributed by atoms with Crippen molar-refractivity contribution in [1.29, 1.82) is 0 Å². The molecule has 1 unspecified atom stereocenters. The fourth-order valence-corrected chi connectivity index (χ4v) is 6.14. The first kappa shape index (κ1) is 31.5.